The number of rotatable bonds is 1. The first-order valence-electron chi connectivity index (χ1n) is 3.07. The van der Waals surface area contributed by atoms with Crippen LogP contribution in [-0.2, 0) is 9.53 Å². The molecule has 0 aromatic carbocycles. The van der Waals surface area contributed by atoms with Crippen LogP contribution < -0.4 is 0 Å². The summed E-state index contributed by atoms with van der Waals surface area (Å²) >= 11 is 0. The molecule has 2 nitrogen and oxygen atoms in total. The highest BCUT2D eigenvalue weighted by Crippen LogP contribution is 2.20. The second kappa shape index (κ2) is 2.21. The Labute approximate surface area is 54.5 Å². The molecule has 0 bridgehead atoms. The van der Waals surface area contributed by atoms with E-state index in [4.69, 9.17) is 4.74 Å². The number of ether oxygens (including phenoxy) is 1. The lowest BCUT2D eigenvalue weighted by Crippen LogP contribution is -2.02. The monoisotopic (exact) mass is 126 g/mol. The van der Waals surface area contributed by atoms with Gasteiger partial charge in [0.15, 0.2) is 0 Å². The molecule has 50 valence electrons. The van der Waals surface area contributed by atoms with Crippen molar-refractivity contribution in [3.63, 3.8) is 0 Å². The van der Waals surface area contributed by atoms with Crippen molar-refractivity contribution in [1.82, 2.24) is 0 Å². The van der Waals surface area contributed by atoms with Gasteiger partial charge in [-0.05, 0) is 0 Å². The molecule has 0 amide bonds. The van der Waals surface area contributed by atoms with E-state index in [9.17, 15) is 4.79 Å². The average Bonchev–Trinajstić information content (AvgIpc) is 2.13. The van der Waals surface area contributed by atoms with Crippen molar-refractivity contribution in [2.45, 2.75) is 19.4 Å². The molecule has 0 aromatic heterocycles. The van der Waals surface area contributed by atoms with Crippen LogP contribution >= 0.6 is 0 Å². The van der Waals surface area contributed by atoms with Crippen LogP contribution in [0.25, 0.3) is 0 Å². The highest BCUT2D eigenvalue weighted by Gasteiger charge is 2.28. The Hall–Kier alpha value is -0.790. The molecule has 1 heterocycles. The van der Waals surface area contributed by atoms with Gasteiger partial charge in [0.1, 0.15) is 6.10 Å². The Balaban J connectivity index is 2.53. The SMILES string of the molecule is C=C[C@@H]1C[C@@H](C)C(=O)O1. The number of carbonyl (C=O) groups excluding carboxylic acids is 1. The molecular formula is C7H10O2. The third-order valence-corrected chi connectivity index (χ3v) is 1.52. The molecule has 2 atom stereocenters. The van der Waals surface area contributed by atoms with Gasteiger partial charge in [-0.1, -0.05) is 19.6 Å². The fourth-order valence-electron chi connectivity index (χ4n) is 0.902. The van der Waals surface area contributed by atoms with Crippen LogP contribution in [0.5, 0.6) is 0 Å². The van der Waals surface area contributed by atoms with Gasteiger partial charge in [-0.2, -0.15) is 0 Å². The van der Waals surface area contributed by atoms with E-state index in [0.29, 0.717) is 0 Å². The molecule has 1 aliphatic rings. The molecule has 2 heteroatoms. The third kappa shape index (κ3) is 1.12. The van der Waals surface area contributed by atoms with Crippen LogP contribution in [0.1, 0.15) is 13.3 Å². The molecule has 1 aliphatic heterocycles. The lowest BCUT2D eigenvalue weighted by molar-refractivity contribution is -0.142. The maximum Gasteiger partial charge on any atom is 0.309 e. The fourth-order valence-corrected chi connectivity index (χ4v) is 0.902. The summed E-state index contributed by atoms with van der Waals surface area (Å²) in [6, 6.07) is 0. The van der Waals surface area contributed by atoms with Gasteiger partial charge in [0.05, 0.1) is 5.92 Å². The Morgan fingerprint density at radius 1 is 1.89 bits per heavy atom. The van der Waals surface area contributed by atoms with Crippen molar-refractivity contribution in [1.29, 1.82) is 0 Å². The Morgan fingerprint density at radius 2 is 2.56 bits per heavy atom. The summed E-state index contributed by atoms with van der Waals surface area (Å²) in [5, 5.41) is 0. The second-order valence-electron chi connectivity index (χ2n) is 2.35. The fraction of sp³-hybridized carbons (Fsp3) is 0.571. The summed E-state index contributed by atoms with van der Waals surface area (Å²) in [6.07, 6.45) is 2.43. The first-order chi connectivity index (χ1) is 4.24. The average molecular weight is 126 g/mol. The maximum atomic E-state index is 10.7. The molecule has 0 spiro atoms. The number of cyclic esters (lactones) is 1. The predicted molar refractivity (Wildman–Crippen MR) is 33.9 cm³/mol. The molecule has 0 N–H and O–H groups in total. The van der Waals surface area contributed by atoms with Crippen molar-refractivity contribution >= 4 is 5.97 Å². The lowest BCUT2D eigenvalue weighted by atomic mass is 10.1. The largest absolute Gasteiger partial charge is 0.458 e. The van der Waals surface area contributed by atoms with Crippen molar-refractivity contribution in [2.24, 2.45) is 5.92 Å². The smallest absolute Gasteiger partial charge is 0.309 e. The van der Waals surface area contributed by atoms with Crippen molar-refractivity contribution in [2.75, 3.05) is 0 Å². The normalized spacial score (nSPS) is 34.1. The zero-order valence-corrected chi connectivity index (χ0v) is 5.46. The minimum atomic E-state index is -0.0973. The van der Waals surface area contributed by atoms with Gasteiger partial charge in [0.25, 0.3) is 0 Å². The van der Waals surface area contributed by atoms with E-state index in [-0.39, 0.29) is 18.0 Å². The van der Waals surface area contributed by atoms with Crippen molar-refractivity contribution < 1.29 is 9.53 Å². The molecule has 1 rings (SSSR count). The number of esters is 1. The second-order valence-corrected chi connectivity index (χ2v) is 2.35. The van der Waals surface area contributed by atoms with E-state index in [2.05, 4.69) is 6.58 Å². The molecule has 0 unspecified atom stereocenters. The Bertz CT molecular complexity index is 140. The predicted octanol–water partition coefficient (Wildman–Crippen LogP) is 1.12. The molecule has 1 fully saturated rings. The number of hydrogen-bond donors (Lipinski definition) is 0. The first kappa shape index (κ1) is 6.33. The van der Waals surface area contributed by atoms with Crippen LogP contribution in [-0.4, -0.2) is 12.1 Å². The summed E-state index contributed by atoms with van der Waals surface area (Å²) in [6.45, 7) is 5.40. The van der Waals surface area contributed by atoms with Gasteiger partial charge in [-0.25, -0.2) is 0 Å². The van der Waals surface area contributed by atoms with Crippen LogP contribution in [0.4, 0.5) is 0 Å². The first-order valence-corrected chi connectivity index (χ1v) is 3.07. The van der Waals surface area contributed by atoms with Crippen molar-refractivity contribution in [3.05, 3.63) is 12.7 Å². The zero-order chi connectivity index (χ0) is 6.85. The molecule has 1 saturated heterocycles. The van der Waals surface area contributed by atoms with Crippen molar-refractivity contribution in [3.8, 4) is 0 Å². The maximum absolute atomic E-state index is 10.7. The van der Waals surface area contributed by atoms with E-state index in [1.807, 2.05) is 6.92 Å². The summed E-state index contributed by atoms with van der Waals surface area (Å²) in [5.74, 6) is -0.0344. The standard InChI is InChI=1S/C7H10O2/c1-3-6-4-5(2)7(8)9-6/h3,5-6H,1,4H2,2H3/t5-,6-/m1/s1. The minimum absolute atomic E-state index is 0.0347. The lowest BCUT2D eigenvalue weighted by Gasteiger charge is -1.97. The molecule has 0 saturated carbocycles. The van der Waals surface area contributed by atoms with Gasteiger partial charge in [0.2, 0.25) is 0 Å². The summed E-state index contributed by atoms with van der Waals surface area (Å²) in [5.41, 5.74) is 0. The van der Waals surface area contributed by atoms with E-state index in [0.717, 1.165) is 6.42 Å². The topological polar surface area (TPSA) is 26.3 Å². The Kier molecular flexibility index (Phi) is 1.56. The number of hydrogen-bond acceptors (Lipinski definition) is 2. The Morgan fingerprint density at radius 3 is 2.78 bits per heavy atom. The van der Waals surface area contributed by atoms with Crippen LogP contribution in [0.15, 0.2) is 12.7 Å². The number of carbonyl (C=O) groups is 1. The minimum Gasteiger partial charge on any atom is -0.458 e. The van der Waals surface area contributed by atoms with Gasteiger partial charge in [0, 0.05) is 6.42 Å². The molecular weight excluding hydrogens is 116 g/mol. The van der Waals surface area contributed by atoms with Gasteiger partial charge in [-0.15, -0.1) is 0 Å². The summed E-state index contributed by atoms with van der Waals surface area (Å²) < 4.78 is 4.87. The van der Waals surface area contributed by atoms with E-state index >= 15 is 0 Å². The van der Waals surface area contributed by atoms with Gasteiger partial charge < -0.3 is 4.74 Å². The van der Waals surface area contributed by atoms with E-state index in [1.54, 1.807) is 6.08 Å². The van der Waals surface area contributed by atoms with E-state index in [1.165, 1.54) is 0 Å². The third-order valence-electron chi connectivity index (χ3n) is 1.52. The van der Waals surface area contributed by atoms with Crippen LogP contribution in [0.3, 0.4) is 0 Å². The van der Waals surface area contributed by atoms with Crippen LogP contribution in [0.2, 0.25) is 0 Å². The molecule has 0 aromatic rings. The van der Waals surface area contributed by atoms with Gasteiger partial charge >= 0.3 is 5.97 Å². The quantitative estimate of drug-likeness (QED) is 0.389. The molecule has 9 heavy (non-hydrogen) atoms. The highest BCUT2D eigenvalue weighted by atomic mass is 16.5. The highest BCUT2D eigenvalue weighted by molar-refractivity contribution is 5.74. The molecule has 0 radical (unpaired) electrons. The zero-order valence-electron chi connectivity index (χ0n) is 5.46. The summed E-state index contributed by atoms with van der Waals surface area (Å²) in [7, 11) is 0. The van der Waals surface area contributed by atoms with Crippen LogP contribution in [0, 0.1) is 5.92 Å². The van der Waals surface area contributed by atoms with Gasteiger partial charge in [-0.3, -0.25) is 4.79 Å². The molecule has 0 aliphatic carbocycles. The van der Waals surface area contributed by atoms with E-state index < -0.39 is 0 Å². The summed E-state index contributed by atoms with van der Waals surface area (Å²) in [4.78, 5) is 10.7.